The first-order chi connectivity index (χ1) is 10.0. The molecular formula is C14H8Cl2FNO3. The first-order valence-corrected chi connectivity index (χ1v) is 6.66. The van der Waals surface area contributed by atoms with E-state index in [1.54, 1.807) is 18.2 Å². The minimum Gasteiger partial charge on any atom is -0.454 e. The van der Waals surface area contributed by atoms with Crippen LogP contribution in [0.25, 0.3) is 0 Å². The highest BCUT2D eigenvalue weighted by atomic mass is 35.5. The third kappa shape index (κ3) is 2.75. The third-order valence-corrected chi connectivity index (χ3v) is 3.49. The van der Waals surface area contributed by atoms with Gasteiger partial charge in [0.15, 0.2) is 11.5 Å². The SMILES string of the molecule is O=C(Nc1ccc2c(c1)OCO2)c1cc(F)c(Cl)cc1Cl. The molecule has 3 rings (SSSR count). The van der Waals surface area contributed by atoms with Gasteiger partial charge < -0.3 is 14.8 Å². The van der Waals surface area contributed by atoms with E-state index < -0.39 is 11.7 Å². The number of fused-ring (bicyclic) bond motifs is 1. The zero-order valence-corrected chi connectivity index (χ0v) is 12.0. The van der Waals surface area contributed by atoms with Crippen LogP contribution in [0.1, 0.15) is 10.4 Å². The first kappa shape index (κ1) is 14.0. The Morgan fingerprint density at radius 3 is 2.67 bits per heavy atom. The Morgan fingerprint density at radius 1 is 1.10 bits per heavy atom. The van der Waals surface area contributed by atoms with Gasteiger partial charge in [0.05, 0.1) is 15.6 Å². The minimum atomic E-state index is -0.711. The maximum Gasteiger partial charge on any atom is 0.257 e. The number of amides is 1. The van der Waals surface area contributed by atoms with Gasteiger partial charge in [0.2, 0.25) is 6.79 Å². The van der Waals surface area contributed by atoms with E-state index in [2.05, 4.69) is 5.32 Å². The molecule has 0 spiro atoms. The molecule has 0 radical (unpaired) electrons. The first-order valence-electron chi connectivity index (χ1n) is 5.90. The summed E-state index contributed by atoms with van der Waals surface area (Å²) in [4.78, 5) is 12.1. The van der Waals surface area contributed by atoms with Crippen LogP contribution in [0.5, 0.6) is 11.5 Å². The predicted octanol–water partition coefficient (Wildman–Crippen LogP) is 4.11. The van der Waals surface area contributed by atoms with Gasteiger partial charge in [0, 0.05) is 11.8 Å². The van der Waals surface area contributed by atoms with Crippen LogP contribution in [0.2, 0.25) is 10.0 Å². The minimum absolute atomic E-state index is 0.00349. The lowest BCUT2D eigenvalue weighted by Crippen LogP contribution is -2.12. The highest BCUT2D eigenvalue weighted by Crippen LogP contribution is 2.34. The number of benzene rings is 2. The number of carbonyl (C=O) groups excluding carboxylic acids is 1. The van der Waals surface area contributed by atoms with E-state index in [0.29, 0.717) is 17.2 Å². The number of nitrogens with one attached hydrogen (secondary N) is 1. The van der Waals surface area contributed by atoms with E-state index in [1.165, 1.54) is 6.07 Å². The fraction of sp³-hybridized carbons (Fsp3) is 0.0714. The fourth-order valence-electron chi connectivity index (χ4n) is 1.87. The van der Waals surface area contributed by atoms with Gasteiger partial charge >= 0.3 is 0 Å². The molecule has 1 aliphatic rings. The van der Waals surface area contributed by atoms with E-state index >= 15 is 0 Å². The molecule has 0 aliphatic carbocycles. The van der Waals surface area contributed by atoms with Crippen molar-refractivity contribution in [3.63, 3.8) is 0 Å². The lowest BCUT2D eigenvalue weighted by Gasteiger charge is -2.08. The van der Waals surface area contributed by atoms with Crippen molar-refractivity contribution in [1.29, 1.82) is 0 Å². The second-order valence-corrected chi connectivity index (χ2v) is 5.08. The number of hydrogen-bond acceptors (Lipinski definition) is 3. The van der Waals surface area contributed by atoms with Crippen molar-refractivity contribution in [2.45, 2.75) is 0 Å². The summed E-state index contributed by atoms with van der Waals surface area (Å²) in [6.07, 6.45) is 0. The van der Waals surface area contributed by atoms with Gasteiger partial charge in [0.1, 0.15) is 5.82 Å². The maximum absolute atomic E-state index is 13.4. The highest BCUT2D eigenvalue weighted by Gasteiger charge is 2.17. The van der Waals surface area contributed by atoms with Gasteiger partial charge in [-0.05, 0) is 24.3 Å². The van der Waals surface area contributed by atoms with E-state index in [0.717, 1.165) is 6.07 Å². The molecule has 2 aromatic rings. The number of halogens is 3. The normalized spacial score (nSPS) is 12.3. The standard InChI is InChI=1S/C14H8Cl2FNO3/c15-9-5-10(16)11(17)4-8(9)14(19)18-7-1-2-12-13(3-7)21-6-20-12/h1-5H,6H2,(H,18,19). The zero-order valence-electron chi connectivity index (χ0n) is 10.5. The largest absolute Gasteiger partial charge is 0.454 e. The van der Waals surface area contributed by atoms with Crippen LogP contribution in [0.4, 0.5) is 10.1 Å². The average molecular weight is 328 g/mol. The molecule has 21 heavy (non-hydrogen) atoms. The number of rotatable bonds is 2. The predicted molar refractivity (Wildman–Crippen MR) is 76.9 cm³/mol. The van der Waals surface area contributed by atoms with Crippen LogP contribution < -0.4 is 14.8 Å². The summed E-state index contributed by atoms with van der Waals surface area (Å²) in [7, 11) is 0. The topological polar surface area (TPSA) is 47.6 Å². The molecule has 2 aromatic carbocycles. The van der Waals surface area contributed by atoms with Crippen molar-refractivity contribution >= 4 is 34.8 Å². The van der Waals surface area contributed by atoms with Crippen LogP contribution in [-0.2, 0) is 0 Å². The molecule has 0 atom stereocenters. The monoisotopic (exact) mass is 327 g/mol. The van der Waals surface area contributed by atoms with Crippen molar-refractivity contribution in [3.8, 4) is 11.5 Å². The van der Waals surface area contributed by atoms with Gasteiger partial charge in [-0.1, -0.05) is 23.2 Å². The zero-order chi connectivity index (χ0) is 15.0. The number of ether oxygens (including phenoxy) is 2. The third-order valence-electron chi connectivity index (χ3n) is 2.89. The van der Waals surface area contributed by atoms with Crippen LogP contribution in [-0.4, -0.2) is 12.7 Å². The molecule has 1 amide bonds. The maximum atomic E-state index is 13.4. The summed E-state index contributed by atoms with van der Waals surface area (Å²) in [5.41, 5.74) is 0.479. The van der Waals surface area contributed by atoms with E-state index in [1.807, 2.05) is 0 Å². The van der Waals surface area contributed by atoms with Crippen LogP contribution in [0.15, 0.2) is 30.3 Å². The fourth-order valence-corrected chi connectivity index (χ4v) is 2.34. The van der Waals surface area contributed by atoms with Crippen LogP contribution >= 0.6 is 23.2 Å². The smallest absolute Gasteiger partial charge is 0.257 e. The summed E-state index contributed by atoms with van der Waals surface area (Å²) in [6.45, 7) is 0.140. The molecule has 0 aromatic heterocycles. The second kappa shape index (κ2) is 5.42. The van der Waals surface area contributed by atoms with Gasteiger partial charge in [-0.2, -0.15) is 0 Å². The number of anilines is 1. The molecule has 0 fully saturated rings. The van der Waals surface area contributed by atoms with E-state index in [4.69, 9.17) is 32.7 Å². The Kier molecular flexibility index (Phi) is 3.61. The molecule has 108 valence electrons. The van der Waals surface area contributed by atoms with Crippen molar-refractivity contribution in [3.05, 3.63) is 51.8 Å². The van der Waals surface area contributed by atoms with Gasteiger partial charge in [-0.3, -0.25) is 4.79 Å². The molecule has 1 N–H and O–H groups in total. The highest BCUT2D eigenvalue weighted by molar-refractivity contribution is 6.37. The molecule has 1 heterocycles. The molecule has 4 nitrogen and oxygen atoms in total. The quantitative estimate of drug-likeness (QED) is 0.844. The summed E-state index contributed by atoms with van der Waals surface area (Å²) in [5, 5.41) is 2.54. The Labute approximate surface area is 129 Å². The van der Waals surface area contributed by atoms with Gasteiger partial charge in [-0.15, -0.1) is 0 Å². The van der Waals surface area contributed by atoms with Gasteiger partial charge in [0.25, 0.3) is 5.91 Å². The molecule has 0 bridgehead atoms. The molecular weight excluding hydrogens is 320 g/mol. The lowest BCUT2D eigenvalue weighted by atomic mass is 10.2. The summed E-state index contributed by atoms with van der Waals surface area (Å²) in [6, 6.07) is 7.11. The molecule has 0 saturated heterocycles. The number of hydrogen-bond donors (Lipinski definition) is 1. The van der Waals surface area contributed by atoms with Crippen LogP contribution in [0.3, 0.4) is 0 Å². The molecule has 1 aliphatic heterocycles. The molecule has 7 heteroatoms. The Balaban J connectivity index is 1.85. The molecule has 0 unspecified atom stereocenters. The van der Waals surface area contributed by atoms with Crippen LogP contribution in [0, 0.1) is 5.82 Å². The molecule has 0 saturated carbocycles. The Hall–Kier alpha value is -1.98. The summed E-state index contributed by atoms with van der Waals surface area (Å²) in [5.74, 6) is -0.129. The van der Waals surface area contributed by atoms with Gasteiger partial charge in [-0.25, -0.2) is 4.39 Å². The van der Waals surface area contributed by atoms with Crippen molar-refractivity contribution in [2.24, 2.45) is 0 Å². The van der Waals surface area contributed by atoms with E-state index in [9.17, 15) is 9.18 Å². The average Bonchev–Trinajstić information content (AvgIpc) is 2.90. The van der Waals surface area contributed by atoms with Crippen molar-refractivity contribution < 1.29 is 18.7 Å². The lowest BCUT2D eigenvalue weighted by molar-refractivity contribution is 0.102. The Bertz CT molecular complexity index is 736. The van der Waals surface area contributed by atoms with Crippen molar-refractivity contribution in [2.75, 3.05) is 12.1 Å². The number of carbonyl (C=O) groups is 1. The van der Waals surface area contributed by atoms with Crippen molar-refractivity contribution in [1.82, 2.24) is 0 Å². The summed E-state index contributed by atoms with van der Waals surface area (Å²) >= 11 is 11.5. The van der Waals surface area contributed by atoms with E-state index in [-0.39, 0.29) is 22.4 Å². The Morgan fingerprint density at radius 2 is 1.86 bits per heavy atom. The summed E-state index contributed by atoms with van der Waals surface area (Å²) < 4.78 is 23.8. The second-order valence-electron chi connectivity index (χ2n) is 4.27.